The molecule has 0 aliphatic rings. The predicted octanol–water partition coefficient (Wildman–Crippen LogP) is 7.69. The minimum absolute atomic E-state index is 0.500. The van der Waals surface area contributed by atoms with Gasteiger partial charge in [-0.1, -0.05) is 91.8 Å². The van der Waals surface area contributed by atoms with Crippen molar-refractivity contribution in [2.24, 2.45) is 5.41 Å². The first-order valence-corrected chi connectivity index (χ1v) is 8.31. The molecule has 0 radical (unpaired) electrons. The minimum Gasteiger partial charge on any atom is -0.456 e. The molecule has 1 heteroatoms. The van der Waals surface area contributed by atoms with Crippen LogP contribution in [0.2, 0.25) is 0 Å². The Kier molecular flexibility index (Phi) is 9.24. The molecule has 122 valence electrons. The maximum Gasteiger partial charge on any atom is 0.135 e. The Morgan fingerprint density at radius 3 is 1.18 bits per heavy atom. The Labute approximate surface area is 136 Å². The van der Waals surface area contributed by atoms with Gasteiger partial charge in [0.05, 0.1) is 0 Å². The van der Waals surface area contributed by atoms with E-state index in [0.717, 1.165) is 11.2 Å². The summed E-state index contributed by atoms with van der Waals surface area (Å²) in [5.74, 6) is 0. The monoisotopic (exact) mass is 300 g/mol. The van der Waals surface area contributed by atoms with Gasteiger partial charge in [-0.25, -0.2) is 0 Å². The lowest BCUT2D eigenvalue weighted by molar-refractivity contribution is 0.469. The molecule has 3 rings (SSSR count). The molecule has 0 aliphatic carbocycles. The molecular formula is C21H32O. The summed E-state index contributed by atoms with van der Waals surface area (Å²) in [4.78, 5) is 0. The zero-order valence-electron chi connectivity index (χ0n) is 15.5. The third-order valence-corrected chi connectivity index (χ3v) is 2.28. The second-order valence-corrected chi connectivity index (χ2v) is 6.09. The Morgan fingerprint density at radius 1 is 0.591 bits per heavy atom. The van der Waals surface area contributed by atoms with Gasteiger partial charge in [-0.3, -0.25) is 0 Å². The van der Waals surface area contributed by atoms with Crippen molar-refractivity contribution < 1.29 is 4.42 Å². The number of para-hydroxylation sites is 2. The lowest BCUT2D eigenvalue weighted by Gasteiger charge is -2.05. The summed E-state index contributed by atoms with van der Waals surface area (Å²) in [6, 6.07) is 16.2. The molecule has 0 fully saturated rings. The van der Waals surface area contributed by atoms with E-state index < -0.39 is 0 Å². The molecule has 0 saturated carbocycles. The molecule has 2 aromatic carbocycles. The van der Waals surface area contributed by atoms with Crippen molar-refractivity contribution in [3.05, 3.63) is 48.5 Å². The topological polar surface area (TPSA) is 13.1 Å². The quantitative estimate of drug-likeness (QED) is 0.414. The van der Waals surface area contributed by atoms with E-state index in [0.29, 0.717) is 5.41 Å². The fourth-order valence-electron chi connectivity index (χ4n) is 1.67. The first-order valence-electron chi connectivity index (χ1n) is 8.31. The van der Waals surface area contributed by atoms with Crippen LogP contribution in [0.15, 0.2) is 52.9 Å². The number of furan rings is 1. The Bertz CT molecular complexity index is 585. The molecule has 1 nitrogen and oxygen atoms in total. The fourth-order valence-corrected chi connectivity index (χ4v) is 1.67. The molecule has 0 amide bonds. The third kappa shape index (κ3) is 6.80. The molecule has 0 spiro atoms. The van der Waals surface area contributed by atoms with Crippen LogP contribution in [-0.2, 0) is 0 Å². The molecule has 0 unspecified atom stereocenters. The summed E-state index contributed by atoms with van der Waals surface area (Å²) in [6.45, 7) is 16.8. The maximum atomic E-state index is 5.65. The SMILES string of the molecule is CC.CC.CC(C)(C)C.c1ccc2c(c1)oc1ccccc12. The van der Waals surface area contributed by atoms with E-state index in [1.54, 1.807) is 0 Å². The summed E-state index contributed by atoms with van der Waals surface area (Å²) in [6.07, 6.45) is 0. The molecule has 0 N–H and O–H groups in total. The van der Waals surface area contributed by atoms with Crippen molar-refractivity contribution in [1.29, 1.82) is 0 Å². The van der Waals surface area contributed by atoms with Crippen LogP contribution in [-0.4, -0.2) is 0 Å². The van der Waals surface area contributed by atoms with Crippen molar-refractivity contribution in [1.82, 2.24) is 0 Å². The van der Waals surface area contributed by atoms with Gasteiger partial charge < -0.3 is 4.42 Å². The van der Waals surface area contributed by atoms with Crippen LogP contribution in [0.1, 0.15) is 55.4 Å². The lowest BCUT2D eigenvalue weighted by Crippen LogP contribution is -1.93. The van der Waals surface area contributed by atoms with E-state index in [-0.39, 0.29) is 0 Å². The molecule has 0 saturated heterocycles. The van der Waals surface area contributed by atoms with Crippen LogP contribution in [0.3, 0.4) is 0 Å². The van der Waals surface area contributed by atoms with E-state index in [1.807, 2.05) is 64.1 Å². The molecule has 0 aliphatic heterocycles. The van der Waals surface area contributed by atoms with E-state index >= 15 is 0 Å². The highest BCUT2D eigenvalue weighted by molar-refractivity contribution is 6.04. The normalized spacial score (nSPS) is 9.82. The number of benzene rings is 2. The van der Waals surface area contributed by atoms with Crippen molar-refractivity contribution in [3.8, 4) is 0 Å². The van der Waals surface area contributed by atoms with Crippen LogP contribution < -0.4 is 0 Å². The van der Waals surface area contributed by atoms with Gasteiger partial charge in [0, 0.05) is 10.8 Å². The predicted molar refractivity (Wildman–Crippen MR) is 102 cm³/mol. The summed E-state index contributed by atoms with van der Waals surface area (Å²) >= 11 is 0. The number of fused-ring (bicyclic) bond motifs is 3. The second-order valence-electron chi connectivity index (χ2n) is 6.09. The van der Waals surface area contributed by atoms with Gasteiger partial charge in [0.25, 0.3) is 0 Å². The molecule has 0 atom stereocenters. The zero-order valence-corrected chi connectivity index (χ0v) is 15.5. The zero-order chi connectivity index (χ0) is 17.2. The van der Waals surface area contributed by atoms with E-state index in [1.165, 1.54) is 10.8 Å². The summed E-state index contributed by atoms with van der Waals surface area (Å²) in [7, 11) is 0. The van der Waals surface area contributed by atoms with Gasteiger partial charge in [0.15, 0.2) is 0 Å². The van der Waals surface area contributed by atoms with E-state index in [2.05, 4.69) is 39.8 Å². The van der Waals surface area contributed by atoms with Gasteiger partial charge in [-0.15, -0.1) is 0 Å². The highest BCUT2D eigenvalue weighted by atomic mass is 16.3. The number of rotatable bonds is 0. The van der Waals surface area contributed by atoms with Crippen molar-refractivity contribution >= 4 is 21.9 Å². The van der Waals surface area contributed by atoms with Gasteiger partial charge >= 0.3 is 0 Å². The first-order chi connectivity index (χ1) is 10.4. The van der Waals surface area contributed by atoms with Crippen molar-refractivity contribution in [3.63, 3.8) is 0 Å². The van der Waals surface area contributed by atoms with Crippen molar-refractivity contribution in [2.45, 2.75) is 55.4 Å². The minimum atomic E-state index is 0.500. The lowest BCUT2D eigenvalue weighted by atomic mass is 10.0. The Hall–Kier alpha value is -1.76. The third-order valence-electron chi connectivity index (χ3n) is 2.28. The first kappa shape index (κ1) is 20.2. The maximum absolute atomic E-state index is 5.65. The standard InChI is InChI=1S/C12H8O.C5H12.2C2H6/c1-3-7-11-9(5-1)10-6-2-4-8-12(10)13-11;1-5(2,3)4;2*1-2/h1-8H;1-4H3;2*1-2H3. The van der Waals surface area contributed by atoms with Gasteiger partial charge in [0.2, 0.25) is 0 Å². The van der Waals surface area contributed by atoms with Crippen LogP contribution in [0, 0.1) is 5.41 Å². The number of hydrogen-bond acceptors (Lipinski definition) is 1. The molecular weight excluding hydrogens is 268 g/mol. The van der Waals surface area contributed by atoms with E-state index in [4.69, 9.17) is 4.42 Å². The van der Waals surface area contributed by atoms with Crippen LogP contribution in [0.25, 0.3) is 21.9 Å². The summed E-state index contributed by atoms with van der Waals surface area (Å²) in [5.41, 5.74) is 2.42. The summed E-state index contributed by atoms with van der Waals surface area (Å²) < 4.78 is 5.65. The molecule has 1 aromatic heterocycles. The Balaban J connectivity index is 0.000000420. The second kappa shape index (κ2) is 10.0. The van der Waals surface area contributed by atoms with Crippen LogP contribution in [0.5, 0.6) is 0 Å². The molecule has 0 bridgehead atoms. The number of hydrogen-bond donors (Lipinski definition) is 0. The van der Waals surface area contributed by atoms with Crippen LogP contribution in [0.4, 0.5) is 0 Å². The average Bonchev–Trinajstić information content (AvgIpc) is 2.88. The molecule has 3 aromatic rings. The largest absolute Gasteiger partial charge is 0.456 e. The molecule has 1 heterocycles. The highest BCUT2D eigenvalue weighted by Gasteiger charge is 2.03. The van der Waals surface area contributed by atoms with E-state index in [9.17, 15) is 0 Å². The average molecular weight is 300 g/mol. The highest BCUT2D eigenvalue weighted by Crippen LogP contribution is 2.27. The smallest absolute Gasteiger partial charge is 0.135 e. The van der Waals surface area contributed by atoms with Gasteiger partial charge in [-0.05, 0) is 17.5 Å². The Morgan fingerprint density at radius 2 is 0.864 bits per heavy atom. The fraction of sp³-hybridized carbons (Fsp3) is 0.429. The summed E-state index contributed by atoms with van der Waals surface area (Å²) in [5, 5.41) is 2.39. The van der Waals surface area contributed by atoms with Crippen molar-refractivity contribution in [2.75, 3.05) is 0 Å². The van der Waals surface area contributed by atoms with Gasteiger partial charge in [0.1, 0.15) is 11.2 Å². The molecule has 22 heavy (non-hydrogen) atoms. The van der Waals surface area contributed by atoms with Gasteiger partial charge in [-0.2, -0.15) is 0 Å². The van der Waals surface area contributed by atoms with Crippen LogP contribution >= 0.6 is 0 Å².